The van der Waals surface area contributed by atoms with E-state index in [4.69, 9.17) is 17.3 Å². The average Bonchev–Trinajstić information content (AvgIpc) is 2.94. The van der Waals surface area contributed by atoms with E-state index in [1.54, 1.807) is 23.7 Å². The van der Waals surface area contributed by atoms with Gasteiger partial charge in [-0.1, -0.05) is 43.4 Å². The number of rotatable bonds is 7. The molecule has 1 unspecified atom stereocenters. The lowest BCUT2D eigenvalue weighted by molar-refractivity contribution is 0.0246. The Kier molecular flexibility index (Phi) is 7.42. The third kappa shape index (κ3) is 6.07. The van der Waals surface area contributed by atoms with Crippen molar-refractivity contribution < 1.29 is 15.0 Å². The zero-order valence-electron chi connectivity index (χ0n) is 18.3. The Morgan fingerprint density at radius 2 is 1.97 bits per heavy atom. The molecule has 2 aromatic rings. The zero-order valence-corrected chi connectivity index (χ0v) is 19.1. The van der Waals surface area contributed by atoms with Crippen molar-refractivity contribution in [2.75, 3.05) is 13.1 Å². The van der Waals surface area contributed by atoms with Gasteiger partial charge in [-0.3, -0.25) is 9.48 Å². The van der Waals surface area contributed by atoms with Crippen LogP contribution < -0.4 is 11.1 Å². The molecule has 1 atom stereocenters. The summed E-state index contributed by atoms with van der Waals surface area (Å²) in [6.07, 6.45) is 5.59. The fourth-order valence-corrected chi connectivity index (χ4v) is 4.16. The van der Waals surface area contributed by atoms with E-state index in [1.807, 2.05) is 19.1 Å². The number of benzene rings is 1. The molecule has 1 aliphatic rings. The number of hydrogen-bond acceptors (Lipinski definition) is 5. The molecule has 7 nitrogen and oxygen atoms in total. The summed E-state index contributed by atoms with van der Waals surface area (Å²) in [4.78, 5) is 12.8. The second-order valence-corrected chi connectivity index (χ2v) is 9.45. The molecule has 1 saturated carbocycles. The minimum Gasteiger partial charge on any atom is -0.388 e. The first kappa shape index (κ1) is 23.7. The van der Waals surface area contributed by atoms with Gasteiger partial charge < -0.3 is 21.3 Å². The maximum absolute atomic E-state index is 12.8. The smallest absolute Gasteiger partial charge is 0.252 e. The van der Waals surface area contributed by atoms with Crippen molar-refractivity contribution in [2.24, 2.45) is 5.73 Å². The van der Waals surface area contributed by atoms with Crippen LogP contribution in [-0.2, 0) is 6.54 Å². The van der Waals surface area contributed by atoms with Crippen molar-refractivity contribution in [3.05, 3.63) is 40.5 Å². The molecular formula is C23H33ClN4O3. The molecule has 0 saturated heterocycles. The van der Waals surface area contributed by atoms with Gasteiger partial charge in [0.15, 0.2) is 0 Å². The van der Waals surface area contributed by atoms with Gasteiger partial charge >= 0.3 is 0 Å². The lowest BCUT2D eigenvalue weighted by atomic mass is 9.94. The highest BCUT2D eigenvalue weighted by Crippen LogP contribution is 2.28. The topological polar surface area (TPSA) is 113 Å². The van der Waals surface area contributed by atoms with Gasteiger partial charge in [-0.05, 0) is 44.9 Å². The van der Waals surface area contributed by atoms with Crippen molar-refractivity contribution in [3.8, 4) is 11.3 Å². The molecule has 8 heteroatoms. The summed E-state index contributed by atoms with van der Waals surface area (Å²) in [6.45, 7) is 4.18. The summed E-state index contributed by atoms with van der Waals surface area (Å²) in [7, 11) is 0. The van der Waals surface area contributed by atoms with E-state index in [2.05, 4.69) is 10.4 Å². The first-order chi connectivity index (χ1) is 14.6. The Morgan fingerprint density at radius 3 is 2.61 bits per heavy atom. The van der Waals surface area contributed by atoms with Crippen LogP contribution in [0.5, 0.6) is 0 Å². The van der Waals surface area contributed by atoms with Crippen molar-refractivity contribution in [1.82, 2.24) is 15.1 Å². The molecule has 0 radical (unpaired) electrons. The van der Waals surface area contributed by atoms with Gasteiger partial charge in [0.2, 0.25) is 0 Å². The van der Waals surface area contributed by atoms with E-state index in [1.165, 1.54) is 0 Å². The Balaban J connectivity index is 1.76. The highest BCUT2D eigenvalue weighted by Gasteiger charge is 2.29. The lowest BCUT2D eigenvalue weighted by Crippen LogP contribution is -2.42. The van der Waals surface area contributed by atoms with Gasteiger partial charge in [0, 0.05) is 24.3 Å². The summed E-state index contributed by atoms with van der Waals surface area (Å²) < 4.78 is 1.71. The van der Waals surface area contributed by atoms with Gasteiger partial charge in [-0.2, -0.15) is 5.10 Å². The molecule has 1 aromatic carbocycles. The van der Waals surface area contributed by atoms with Crippen LogP contribution in [0.25, 0.3) is 11.3 Å². The first-order valence-electron chi connectivity index (χ1n) is 10.9. The summed E-state index contributed by atoms with van der Waals surface area (Å²) in [5.41, 5.74) is 6.36. The van der Waals surface area contributed by atoms with Crippen molar-refractivity contribution in [3.63, 3.8) is 0 Å². The molecular weight excluding hydrogens is 416 g/mol. The monoisotopic (exact) mass is 448 g/mol. The first-order valence-corrected chi connectivity index (χ1v) is 11.3. The number of carbonyl (C=O) groups excluding carboxylic acids is 1. The number of nitrogens with zero attached hydrogens (tertiary/aromatic N) is 2. The normalized spacial score (nSPS) is 18.3. The summed E-state index contributed by atoms with van der Waals surface area (Å²) in [5.74, 6) is -0.313. The molecule has 1 amide bonds. The number of aromatic nitrogens is 2. The molecule has 1 fully saturated rings. The fraction of sp³-hybridized carbons (Fsp3) is 0.565. The number of hydrogen-bond donors (Lipinski definition) is 4. The Labute approximate surface area is 188 Å². The quantitative estimate of drug-likeness (QED) is 0.486. The summed E-state index contributed by atoms with van der Waals surface area (Å²) in [5, 5.41) is 28.8. The molecule has 3 rings (SSSR count). The second-order valence-electron chi connectivity index (χ2n) is 9.05. The van der Waals surface area contributed by atoms with Crippen LogP contribution >= 0.6 is 11.6 Å². The van der Waals surface area contributed by atoms with Crippen LogP contribution in [0, 0.1) is 6.92 Å². The predicted octanol–water partition coefficient (Wildman–Crippen LogP) is 3.04. The Hall–Kier alpha value is -1.93. The van der Waals surface area contributed by atoms with E-state index < -0.39 is 11.2 Å². The van der Waals surface area contributed by atoms with Crippen molar-refractivity contribution in [1.29, 1.82) is 0 Å². The average molecular weight is 449 g/mol. The Morgan fingerprint density at radius 1 is 1.29 bits per heavy atom. The fourth-order valence-electron chi connectivity index (χ4n) is 3.96. The minimum atomic E-state index is -1.06. The second kappa shape index (κ2) is 9.69. The predicted molar refractivity (Wildman–Crippen MR) is 122 cm³/mol. The number of nitrogens with two attached hydrogens (primary N) is 1. The molecule has 1 aromatic heterocycles. The maximum atomic E-state index is 12.8. The molecule has 0 bridgehead atoms. The third-order valence-electron chi connectivity index (χ3n) is 6.03. The van der Waals surface area contributed by atoms with Crippen LogP contribution in [0.1, 0.15) is 61.5 Å². The number of amides is 1. The minimum absolute atomic E-state index is 0.124. The standard InChI is InChI=1S/C23H33ClN4O3/c1-16-11-20(27-28(16)15-22(2,30)13-25)17-7-8-19(24)18(12-17)21(29)26-14-23(31)9-5-3-4-6-10-23/h7-8,11-12,30-31H,3-6,9-10,13-15,25H2,1-2H3,(H,26,29). The van der Waals surface area contributed by atoms with E-state index in [-0.39, 0.29) is 25.5 Å². The van der Waals surface area contributed by atoms with Crippen molar-refractivity contribution in [2.45, 2.75) is 70.1 Å². The van der Waals surface area contributed by atoms with E-state index in [9.17, 15) is 15.0 Å². The molecule has 5 N–H and O–H groups in total. The molecule has 170 valence electrons. The number of nitrogens with one attached hydrogen (secondary N) is 1. The maximum Gasteiger partial charge on any atom is 0.252 e. The number of carbonyl (C=O) groups is 1. The van der Waals surface area contributed by atoms with Crippen LogP contribution in [0.15, 0.2) is 24.3 Å². The van der Waals surface area contributed by atoms with Crippen LogP contribution in [0.3, 0.4) is 0 Å². The highest BCUT2D eigenvalue weighted by molar-refractivity contribution is 6.34. The molecule has 1 heterocycles. The number of aliphatic hydroxyl groups is 2. The zero-order chi connectivity index (χ0) is 22.6. The summed E-state index contributed by atoms with van der Waals surface area (Å²) in [6, 6.07) is 7.09. The van der Waals surface area contributed by atoms with E-state index in [0.717, 1.165) is 36.9 Å². The lowest BCUT2D eigenvalue weighted by Gasteiger charge is -2.26. The van der Waals surface area contributed by atoms with Crippen LogP contribution in [0.2, 0.25) is 5.02 Å². The number of halogens is 1. The van der Waals surface area contributed by atoms with Gasteiger partial charge in [-0.15, -0.1) is 0 Å². The highest BCUT2D eigenvalue weighted by atomic mass is 35.5. The summed E-state index contributed by atoms with van der Waals surface area (Å²) >= 11 is 6.31. The number of aryl methyl sites for hydroxylation is 1. The van der Waals surface area contributed by atoms with Crippen molar-refractivity contribution >= 4 is 17.5 Å². The third-order valence-corrected chi connectivity index (χ3v) is 6.36. The molecule has 0 spiro atoms. The van der Waals surface area contributed by atoms with Gasteiger partial charge in [0.1, 0.15) is 0 Å². The van der Waals surface area contributed by atoms with Gasteiger partial charge in [0.25, 0.3) is 5.91 Å². The SMILES string of the molecule is Cc1cc(-c2ccc(Cl)c(C(=O)NCC3(O)CCCCCC3)c2)nn1CC(C)(O)CN. The molecule has 1 aliphatic carbocycles. The largest absolute Gasteiger partial charge is 0.388 e. The molecule has 31 heavy (non-hydrogen) atoms. The molecule has 0 aliphatic heterocycles. The van der Waals surface area contributed by atoms with E-state index in [0.29, 0.717) is 29.1 Å². The van der Waals surface area contributed by atoms with Gasteiger partial charge in [-0.25, -0.2) is 0 Å². The van der Waals surface area contributed by atoms with Crippen LogP contribution in [0.4, 0.5) is 0 Å². The Bertz CT molecular complexity index is 918. The van der Waals surface area contributed by atoms with Gasteiger partial charge in [0.05, 0.1) is 34.0 Å². The van der Waals surface area contributed by atoms with E-state index >= 15 is 0 Å². The van der Waals surface area contributed by atoms with Crippen LogP contribution in [-0.4, -0.2) is 50.2 Å².